The monoisotopic (exact) mass is 496 g/mol. The third-order valence-electron chi connectivity index (χ3n) is 8.83. The number of aliphatic hydroxyl groups is 1. The lowest BCUT2D eigenvalue weighted by atomic mass is 9.68. The summed E-state index contributed by atoms with van der Waals surface area (Å²) in [4.78, 5) is 32.5. The van der Waals surface area contributed by atoms with Gasteiger partial charge in [-0.2, -0.15) is 0 Å². The Balaban J connectivity index is 1.60. The largest absolute Gasteiger partial charge is 0.497 e. The minimum Gasteiger partial charge on any atom is -0.497 e. The van der Waals surface area contributed by atoms with Gasteiger partial charge in [0.2, 0.25) is 11.8 Å². The highest BCUT2D eigenvalue weighted by Gasteiger charge is 2.50. The molecule has 1 saturated carbocycles. The maximum absolute atomic E-state index is 13.8. The van der Waals surface area contributed by atoms with E-state index in [2.05, 4.69) is 16.7 Å². The molecular formula is C28H40N4O4. The summed E-state index contributed by atoms with van der Waals surface area (Å²) < 4.78 is 7.68. The Hall–Kier alpha value is -2.58. The van der Waals surface area contributed by atoms with Gasteiger partial charge in [0, 0.05) is 55.2 Å². The highest BCUT2D eigenvalue weighted by atomic mass is 16.5. The SMILES string of the molecule is COc1ccc2c3c(n(C)c2c1)[C@H](CO)N(C(=O)C1CCCC1)CC31CCN(C(=O)CN(C)C)CC1. The molecule has 0 radical (unpaired) electrons. The molecule has 8 nitrogen and oxygen atoms in total. The number of aliphatic hydroxyl groups excluding tert-OH is 1. The molecule has 5 rings (SSSR count). The van der Waals surface area contributed by atoms with Crippen molar-refractivity contribution in [3.05, 3.63) is 29.5 Å². The van der Waals surface area contributed by atoms with E-state index in [0.717, 1.165) is 60.9 Å². The number of aryl methyl sites for hydroxylation is 1. The zero-order valence-electron chi connectivity index (χ0n) is 22.1. The number of fused-ring (bicyclic) bond motifs is 4. The van der Waals surface area contributed by atoms with E-state index in [1.165, 1.54) is 5.56 Å². The fourth-order valence-electron chi connectivity index (χ4n) is 6.96. The average molecular weight is 497 g/mol. The number of hydrogen-bond acceptors (Lipinski definition) is 5. The molecule has 2 aliphatic heterocycles. The summed E-state index contributed by atoms with van der Waals surface area (Å²) in [5.74, 6) is 1.18. The van der Waals surface area contributed by atoms with Crippen LogP contribution >= 0.6 is 0 Å². The molecule has 2 amide bonds. The van der Waals surface area contributed by atoms with Crippen LogP contribution in [0, 0.1) is 5.92 Å². The zero-order valence-corrected chi connectivity index (χ0v) is 22.1. The van der Waals surface area contributed by atoms with Gasteiger partial charge in [0.1, 0.15) is 5.75 Å². The van der Waals surface area contributed by atoms with Gasteiger partial charge in [-0.05, 0) is 57.5 Å². The van der Waals surface area contributed by atoms with Gasteiger partial charge in [-0.1, -0.05) is 12.8 Å². The lowest BCUT2D eigenvalue weighted by molar-refractivity contribution is -0.143. The Kier molecular flexibility index (Phi) is 6.76. The molecule has 2 aromatic rings. The van der Waals surface area contributed by atoms with Crippen molar-refractivity contribution in [2.24, 2.45) is 13.0 Å². The first-order valence-electron chi connectivity index (χ1n) is 13.3. The Morgan fingerprint density at radius 3 is 2.47 bits per heavy atom. The summed E-state index contributed by atoms with van der Waals surface area (Å²) in [7, 11) is 7.55. The number of aromatic nitrogens is 1. The molecule has 8 heteroatoms. The number of benzene rings is 1. The van der Waals surface area contributed by atoms with Crippen molar-refractivity contribution >= 4 is 22.7 Å². The summed E-state index contributed by atoms with van der Waals surface area (Å²) >= 11 is 0. The molecule has 0 unspecified atom stereocenters. The van der Waals surface area contributed by atoms with Crippen LogP contribution in [0.25, 0.3) is 10.9 Å². The number of likely N-dealkylation sites (N-methyl/N-ethyl adjacent to an activating group) is 1. The van der Waals surface area contributed by atoms with E-state index in [-0.39, 0.29) is 35.8 Å². The number of piperidine rings is 1. The first-order chi connectivity index (χ1) is 17.3. The fraction of sp³-hybridized carbons (Fsp3) is 0.643. The summed E-state index contributed by atoms with van der Waals surface area (Å²) in [5.41, 5.74) is 3.08. The van der Waals surface area contributed by atoms with Crippen molar-refractivity contribution in [3.8, 4) is 5.75 Å². The predicted octanol–water partition coefficient (Wildman–Crippen LogP) is 2.67. The van der Waals surface area contributed by atoms with Gasteiger partial charge in [-0.15, -0.1) is 0 Å². The summed E-state index contributed by atoms with van der Waals surface area (Å²) in [6, 6.07) is 5.81. The molecule has 3 heterocycles. The van der Waals surface area contributed by atoms with Gasteiger partial charge >= 0.3 is 0 Å². The van der Waals surface area contributed by atoms with Crippen LogP contribution in [0.4, 0.5) is 0 Å². The zero-order chi connectivity index (χ0) is 25.6. The second-order valence-electron chi connectivity index (χ2n) is 11.2. The minimum atomic E-state index is -0.365. The second-order valence-corrected chi connectivity index (χ2v) is 11.2. The number of hydrogen-bond donors (Lipinski definition) is 1. The van der Waals surface area contributed by atoms with Crippen LogP contribution in [-0.4, -0.2) is 90.2 Å². The summed E-state index contributed by atoms with van der Waals surface area (Å²) in [6.45, 7) is 2.25. The molecule has 1 aromatic carbocycles. The summed E-state index contributed by atoms with van der Waals surface area (Å²) in [6.07, 6.45) is 5.68. The van der Waals surface area contributed by atoms with E-state index in [9.17, 15) is 14.7 Å². The maximum Gasteiger partial charge on any atom is 0.236 e. The van der Waals surface area contributed by atoms with Crippen molar-refractivity contribution < 1.29 is 19.4 Å². The first kappa shape index (κ1) is 25.1. The van der Waals surface area contributed by atoms with Gasteiger partial charge in [-0.3, -0.25) is 9.59 Å². The predicted molar refractivity (Wildman–Crippen MR) is 139 cm³/mol. The van der Waals surface area contributed by atoms with Gasteiger partial charge < -0.3 is 29.1 Å². The third-order valence-corrected chi connectivity index (χ3v) is 8.83. The third kappa shape index (κ3) is 4.08. The molecule has 2 fully saturated rings. The molecular weight excluding hydrogens is 456 g/mol. The van der Waals surface area contributed by atoms with Crippen LogP contribution in [0.3, 0.4) is 0 Å². The van der Waals surface area contributed by atoms with E-state index in [4.69, 9.17) is 4.74 Å². The van der Waals surface area contributed by atoms with Crippen molar-refractivity contribution in [3.63, 3.8) is 0 Å². The Morgan fingerprint density at radius 1 is 1.17 bits per heavy atom. The molecule has 1 aliphatic carbocycles. The summed E-state index contributed by atoms with van der Waals surface area (Å²) in [5, 5.41) is 11.8. The lowest BCUT2D eigenvalue weighted by Crippen LogP contribution is -2.57. The lowest BCUT2D eigenvalue weighted by Gasteiger charge is -2.51. The fourth-order valence-corrected chi connectivity index (χ4v) is 6.96. The maximum atomic E-state index is 13.8. The normalized spacial score (nSPS) is 22.0. The van der Waals surface area contributed by atoms with E-state index >= 15 is 0 Å². The Labute approximate surface area is 213 Å². The topological polar surface area (TPSA) is 78.2 Å². The Morgan fingerprint density at radius 2 is 1.86 bits per heavy atom. The van der Waals surface area contributed by atoms with Crippen molar-refractivity contribution in [2.45, 2.75) is 50.0 Å². The van der Waals surface area contributed by atoms with Crippen LogP contribution in [0.2, 0.25) is 0 Å². The first-order valence-corrected chi connectivity index (χ1v) is 13.3. The van der Waals surface area contributed by atoms with Crippen LogP contribution in [-0.2, 0) is 22.1 Å². The van der Waals surface area contributed by atoms with Crippen molar-refractivity contribution in [1.82, 2.24) is 19.3 Å². The molecule has 1 spiro atoms. The van der Waals surface area contributed by atoms with E-state index in [1.54, 1.807) is 7.11 Å². The van der Waals surface area contributed by atoms with Gasteiger partial charge in [-0.25, -0.2) is 0 Å². The van der Waals surface area contributed by atoms with Gasteiger partial charge in [0.05, 0.1) is 31.8 Å². The average Bonchev–Trinajstić information content (AvgIpc) is 3.51. The van der Waals surface area contributed by atoms with Crippen LogP contribution in [0.5, 0.6) is 5.75 Å². The number of carbonyl (C=O) groups is 2. The number of nitrogens with zero attached hydrogens (tertiary/aromatic N) is 4. The molecule has 1 saturated heterocycles. The van der Waals surface area contributed by atoms with Crippen LogP contribution in [0.1, 0.15) is 55.8 Å². The van der Waals surface area contributed by atoms with E-state index in [1.807, 2.05) is 41.9 Å². The second kappa shape index (κ2) is 9.71. The van der Waals surface area contributed by atoms with Crippen molar-refractivity contribution in [2.75, 3.05) is 54.0 Å². The molecule has 196 valence electrons. The number of ether oxygens (including phenoxy) is 1. The molecule has 0 bridgehead atoms. The van der Waals surface area contributed by atoms with Crippen LogP contribution < -0.4 is 4.74 Å². The standard InChI is InChI=1S/C28H40N4O4/c1-29(2)16-24(34)31-13-11-28(12-14-31)18-32(27(35)19-7-5-6-8-19)23(17-33)26-25(28)21-10-9-20(36-4)15-22(21)30(26)3/h9-10,15,19,23,33H,5-8,11-14,16-18H2,1-4H3/t23-/m0/s1. The molecule has 3 aliphatic rings. The molecule has 1 aromatic heterocycles. The number of likely N-dealkylation sites (tertiary alicyclic amines) is 1. The van der Waals surface area contributed by atoms with Crippen LogP contribution in [0.15, 0.2) is 18.2 Å². The molecule has 1 atom stereocenters. The number of methoxy groups -OCH3 is 1. The van der Waals surface area contributed by atoms with E-state index < -0.39 is 0 Å². The number of rotatable bonds is 5. The number of carbonyl (C=O) groups excluding carboxylic acids is 2. The minimum absolute atomic E-state index is 0.0502. The van der Waals surface area contributed by atoms with Gasteiger partial charge in [0.15, 0.2) is 0 Å². The number of amides is 2. The highest BCUT2D eigenvalue weighted by Crippen LogP contribution is 2.50. The van der Waals surface area contributed by atoms with Crippen molar-refractivity contribution in [1.29, 1.82) is 0 Å². The smallest absolute Gasteiger partial charge is 0.236 e. The molecule has 1 N–H and O–H groups in total. The highest BCUT2D eigenvalue weighted by molar-refractivity contribution is 5.90. The van der Waals surface area contributed by atoms with Gasteiger partial charge in [0.25, 0.3) is 0 Å². The Bertz CT molecular complexity index is 1140. The van der Waals surface area contributed by atoms with E-state index in [0.29, 0.717) is 26.2 Å². The quantitative estimate of drug-likeness (QED) is 0.689. The molecule has 36 heavy (non-hydrogen) atoms.